The van der Waals surface area contributed by atoms with Gasteiger partial charge in [0.2, 0.25) is 0 Å². The summed E-state index contributed by atoms with van der Waals surface area (Å²) in [6.07, 6.45) is 5.04. The van der Waals surface area contributed by atoms with Gasteiger partial charge in [-0.2, -0.15) is 0 Å². The van der Waals surface area contributed by atoms with Gasteiger partial charge in [0.05, 0.1) is 30.6 Å². The van der Waals surface area contributed by atoms with Crippen molar-refractivity contribution in [3.05, 3.63) is 24.3 Å². The summed E-state index contributed by atoms with van der Waals surface area (Å²) in [4.78, 5) is 10.6. The molecule has 0 spiro atoms. The van der Waals surface area contributed by atoms with E-state index in [1.54, 1.807) is 18.6 Å². The zero-order valence-corrected chi connectivity index (χ0v) is 9.54. The molecule has 1 saturated heterocycles. The Hall–Kier alpha value is -1.04. The van der Waals surface area contributed by atoms with E-state index >= 15 is 0 Å². The summed E-state index contributed by atoms with van der Waals surface area (Å²) < 4.78 is 5.69. The van der Waals surface area contributed by atoms with Crippen molar-refractivity contribution in [3.8, 4) is 0 Å². The van der Waals surface area contributed by atoms with Crippen molar-refractivity contribution in [2.24, 2.45) is 5.73 Å². The normalized spacial score (nSPS) is 24.2. The van der Waals surface area contributed by atoms with Crippen LogP contribution in [0.25, 0.3) is 0 Å². The summed E-state index contributed by atoms with van der Waals surface area (Å²) in [7, 11) is 0. The molecule has 1 fully saturated rings. The lowest BCUT2D eigenvalue weighted by Crippen LogP contribution is -2.47. The second kappa shape index (κ2) is 5.34. The zero-order valence-electron chi connectivity index (χ0n) is 9.54. The van der Waals surface area contributed by atoms with Crippen molar-refractivity contribution in [3.63, 3.8) is 0 Å². The SMILES string of the molecule is CCN1CCOC(C(N)c2cnccn2)C1. The minimum atomic E-state index is -0.192. The number of morpholine rings is 1. The van der Waals surface area contributed by atoms with Crippen LogP contribution in [0, 0.1) is 0 Å². The molecule has 1 aromatic rings. The van der Waals surface area contributed by atoms with Crippen LogP contribution in [0.15, 0.2) is 18.6 Å². The number of likely N-dealkylation sites (N-methyl/N-ethyl adjacent to an activating group) is 1. The second-order valence-corrected chi connectivity index (χ2v) is 3.96. The van der Waals surface area contributed by atoms with Gasteiger partial charge in [0, 0.05) is 25.5 Å². The number of nitrogens with zero attached hydrogens (tertiary/aromatic N) is 3. The number of hydrogen-bond donors (Lipinski definition) is 1. The summed E-state index contributed by atoms with van der Waals surface area (Å²) in [5.74, 6) is 0. The quantitative estimate of drug-likeness (QED) is 0.791. The predicted molar refractivity (Wildman–Crippen MR) is 60.8 cm³/mol. The fraction of sp³-hybridized carbons (Fsp3) is 0.636. The number of hydrogen-bond acceptors (Lipinski definition) is 5. The van der Waals surface area contributed by atoms with E-state index in [2.05, 4.69) is 21.8 Å². The minimum Gasteiger partial charge on any atom is -0.374 e. The molecule has 5 nitrogen and oxygen atoms in total. The van der Waals surface area contributed by atoms with Crippen molar-refractivity contribution in [1.29, 1.82) is 0 Å². The molecule has 5 heteroatoms. The summed E-state index contributed by atoms with van der Waals surface area (Å²) in [5.41, 5.74) is 6.93. The molecule has 0 aliphatic carbocycles. The Balaban J connectivity index is 2.01. The van der Waals surface area contributed by atoms with E-state index in [-0.39, 0.29) is 12.1 Å². The van der Waals surface area contributed by atoms with Crippen LogP contribution >= 0.6 is 0 Å². The van der Waals surface area contributed by atoms with E-state index in [1.165, 1.54) is 0 Å². The molecule has 16 heavy (non-hydrogen) atoms. The first-order valence-electron chi connectivity index (χ1n) is 5.66. The van der Waals surface area contributed by atoms with Crippen molar-refractivity contribution >= 4 is 0 Å². The summed E-state index contributed by atoms with van der Waals surface area (Å²) in [6.45, 7) is 5.78. The maximum atomic E-state index is 6.13. The largest absolute Gasteiger partial charge is 0.374 e. The first-order chi connectivity index (χ1) is 7.81. The van der Waals surface area contributed by atoms with Gasteiger partial charge in [0.1, 0.15) is 0 Å². The third-order valence-electron chi connectivity index (χ3n) is 2.95. The van der Waals surface area contributed by atoms with Gasteiger partial charge in [0.15, 0.2) is 0 Å². The van der Waals surface area contributed by atoms with E-state index in [9.17, 15) is 0 Å². The third-order valence-corrected chi connectivity index (χ3v) is 2.95. The van der Waals surface area contributed by atoms with E-state index < -0.39 is 0 Å². The Morgan fingerprint density at radius 1 is 1.62 bits per heavy atom. The van der Waals surface area contributed by atoms with Crippen LogP contribution in [-0.2, 0) is 4.74 Å². The van der Waals surface area contributed by atoms with Gasteiger partial charge in [-0.05, 0) is 6.54 Å². The molecule has 2 rings (SSSR count). The maximum absolute atomic E-state index is 6.13. The molecule has 88 valence electrons. The predicted octanol–water partition coefficient (Wildman–Crippen LogP) is 0.197. The lowest BCUT2D eigenvalue weighted by atomic mass is 10.1. The zero-order chi connectivity index (χ0) is 11.4. The number of aromatic nitrogens is 2. The monoisotopic (exact) mass is 222 g/mol. The Morgan fingerprint density at radius 3 is 3.19 bits per heavy atom. The van der Waals surface area contributed by atoms with E-state index in [1.807, 2.05) is 0 Å². The fourth-order valence-electron chi connectivity index (χ4n) is 1.91. The van der Waals surface area contributed by atoms with Gasteiger partial charge in [-0.3, -0.25) is 14.9 Å². The van der Waals surface area contributed by atoms with Crippen LogP contribution in [0.5, 0.6) is 0 Å². The van der Waals surface area contributed by atoms with Gasteiger partial charge >= 0.3 is 0 Å². The smallest absolute Gasteiger partial charge is 0.0910 e. The Labute approximate surface area is 95.6 Å². The number of ether oxygens (including phenoxy) is 1. The molecule has 0 aromatic carbocycles. The first kappa shape index (κ1) is 11.4. The lowest BCUT2D eigenvalue weighted by molar-refractivity contribution is -0.0399. The van der Waals surface area contributed by atoms with Crippen LogP contribution in [-0.4, -0.2) is 47.2 Å². The third kappa shape index (κ3) is 2.55. The molecule has 2 atom stereocenters. The molecule has 2 heterocycles. The van der Waals surface area contributed by atoms with Crippen LogP contribution in [0.4, 0.5) is 0 Å². The van der Waals surface area contributed by atoms with E-state index in [4.69, 9.17) is 10.5 Å². The Kier molecular flexibility index (Phi) is 3.82. The van der Waals surface area contributed by atoms with Crippen LogP contribution in [0.2, 0.25) is 0 Å². The van der Waals surface area contributed by atoms with Gasteiger partial charge < -0.3 is 10.5 Å². The van der Waals surface area contributed by atoms with Crippen molar-refractivity contribution in [2.75, 3.05) is 26.2 Å². The highest BCUT2D eigenvalue weighted by Gasteiger charge is 2.26. The van der Waals surface area contributed by atoms with Gasteiger partial charge in [0.25, 0.3) is 0 Å². The molecule has 1 aromatic heterocycles. The molecule has 2 unspecified atom stereocenters. The van der Waals surface area contributed by atoms with Crippen molar-refractivity contribution in [1.82, 2.24) is 14.9 Å². The highest BCUT2D eigenvalue weighted by Crippen LogP contribution is 2.17. The Bertz CT molecular complexity index is 319. The fourth-order valence-corrected chi connectivity index (χ4v) is 1.91. The summed E-state index contributed by atoms with van der Waals surface area (Å²) in [6, 6.07) is -0.192. The standard InChI is InChI=1S/C11H18N4O/c1-2-15-5-6-16-10(8-15)11(12)9-7-13-3-4-14-9/h3-4,7,10-11H,2,5-6,8,12H2,1H3. The highest BCUT2D eigenvalue weighted by molar-refractivity contribution is 5.04. The lowest BCUT2D eigenvalue weighted by Gasteiger charge is -2.34. The summed E-state index contributed by atoms with van der Waals surface area (Å²) >= 11 is 0. The average molecular weight is 222 g/mol. The molecule has 0 radical (unpaired) electrons. The highest BCUT2D eigenvalue weighted by atomic mass is 16.5. The number of nitrogens with two attached hydrogens (primary N) is 1. The molecule has 0 saturated carbocycles. The molecule has 0 amide bonds. The Morgan fingerprint density at radius 2 is 2.50 bits per heavy atom. The molecule has 1 aliphatic rings. The van der Waals surface area contributed by atoms with Crippen molar-refractivity contribution < 1.29 is 4.74 Å². The van der Waals surface area contributed by atoms with Crippen molar-refractivity contribution in [2.45, 2.75) is 19.1 Å². The summed E-state index contributed by atoms with van der Waals surface area (Å²) in [5, 5.41) is 0. The first-order valence-corrected chi connectivity index (χ1v) is 5.66. The van der Waals surface area contributed by atoms with Crippen LogP contribution in [0.3, 0.4) is 0 Å². The van der Waals surface area contributed by atoms with E-state index in [0.29, 0.717) is 0 Å². The van der Waals surface area contributed by atoms with E-state index in [0.717, 1.165) is 31.9 Å². The molecule has 2 N–H and O–H groups in total. The molecule has 0 bridgehead atoms. The molecule has 1 aliphatic heterocycles. The average Bonchev–Trinajstić information content (AvgIpc) is 2.39. The topological polar surface area (TPSA) is 64.3 Å². The number of rotatable bonds is 3. The molecular formula is C11H18N4O. The minimum absolute atomic E-state index is 0.0189. The maximum Gasteiger partial charge on any atom is 0.0910 e. The van der Waals surface area contributed by atoms with Gasteiger partial charge in [-0.25, -0.2) is 0 Å². The van der Waals surface area contributed by atoms with Gasteiger partial charge in [-0.1, -0.05) is 6.92 Å². The van der Waals surface area contributed by atoms with Gasteiger partial charge in [-0.15, -0.1) is 0 Å². The van der Waals surface area contributed by atoms with Crippen LogP contribution in [0.1, 0.15) is 18.7 Å². The molecular weight excluding hydrogens is 204 g/mol. The van der Waals surface area contributed by atoms with Crippen LogP contribution < -0.4 is 5.73 Å². The second-order valence-electron chi connectivity index (χ2n) is 3.96.